The molecule has 0 saturated heterocycles. The topological polar surface area (TPSA) is 111 Å². The van der Waals surface area contributed by atoms with Crippen LogP contribution in [0.4, 0.5) is 0 Å². The molecule has 4 rings (SSSR count). The quantitative estimate of drug-likeness (QED) is 0.676. The molecule has 9 nitrogen and oxygen atoms in total. The van der Waals surface area contributed by atoms with E-state index in [0.717, 1.165) is 18.7 Å². The van der Waals surface area contributed by atoms with Crippen molar-refractivity contribution in [2.45, 2.75) is 38.0 Å². The van der Waals surface area contributed by atoms with Gasteiger partial charge in [0.1, 0.15) is 18.2 Å². The van der Waals surface area contributed by atoms with Crippen LogP contribution in [0.1, 0.15) is 46.7 Å². The Morgan fingerprint density at radius 3 is 2.92 bits per heavy atom. The van der Waals surface area contributed by atoms with Gasteiger partial charge in [-0.1, -0.05) is 0 Å². The van der Waals surface area contributed by atoms with E-state index in [0.29, 0.717) is 23.9 Å². The highest BCUT2D eigenvalue weighted by molar-refractivity contribution is 5.91. The molecule has 3 heterocycles. The van der Waals surface area contributed by atoms with Gasteiger partial charge >= 0.3 is 0 Å². The molecule has 2 N–H and O–H groups in total. The highest BCUT2D eigenvalue weighted by Crippen LogP contribution is 2.36. The Balaban J connectivity index is 1.31. The zero-order chi connectivity index (χ0) is 18.1. The third-order valence-corrected chi connectivity index (χ3v) is 4.74. The number of carbonyl (C=O) groups excluding carboxylic acids is 1. The zero-order valence-corrected chi connectivity index (χ0v) is 14.4. The Hall–Kier alpha value is -2.94. The molecule has 0 spiro atoms. The fourth-order valence-corrected chi connectivity index (χ4v) is 3.21. The number of aliphatic hydroxyl groups is 1. The van der Waals surface area contributed by atoms with Crippen LogP contribution in [0.15, 0.2) is 35.0 Å². The predicted molar refractivity (Wildman–Crippen MR) is 90.2 cm³/mol. The van der Waals surface area contributed by atoms with Crippen molar-refractivity contribution in [1.29, 1.82) is 0 Å². The molecule has 136 valence electrons. The molecule has 1 aliphatic rings. The van der Waals surface area contributed by atoms with Gasteiger partial charge in [0.05, 0.1) is 6.54 Å². The van der Waals surface area contributed by atoms with E-state index in [1.807, 2.05) is 23.9 Å². The Morgan fingerprint density at radius 1 is 1.38 bits per heavy atom. The van der Waals surface area contributed by atoms with E-state index in [-0.39, 0.29) is 24.5 Å². The Kier molecular flexibility index (Phi) is 4.29. The molecule has 1 aliphatic carbocycles. The highest BCUT2D eigenvalue weighted by Gasteiger charge is 2.35. The summed E-state index contributed by atoms with van der Waals surface area (Å²) in [4.78, 5) is 12.3. The number of hydrogen-bond donors (Lipinski definition) is 2. The molecule has 0 bridgehead atoms. The molecule has 3 aromatic rings. The number of furan rings is 1. The van der Waals surface area contributed by atoms with Gasteiger partial charge < -0.3 is 19.4 Å². The Bertz CT molecular complexity index is 892. The zero-order valence-electron chi connectivity index (χ0n) is 14.4. The summed E-state index contributed by atoms with van der Waals surface area (Å²) in [5.41, 5.74) is 0. The fraction of sp³-hybridized carbons (Fsp3) is 0.412. The van der Waals surface area contributed by atoms with E-state index in [1.54, 1.807) is 23.0 Å². The van der Waals surface area contributed by atoms with E-state index in [2.05, 4.69) is 20.6 Å². The third-order valence-electron chi connectivity index (χ3n) is 4.74. The minimum atomic E-state index is -0.214. The normalized spacial score (nSPS) is 19.3. The minimum absolute atomic E-state index is 0.0847. The molecule has 1 amide bonds. The minimum Gasteiger partial charge on any atom is -0.454 e. The summed E-state index contributed by atoms with van der Waals surface area (Å²) >= 11 is 0. The number of nitrogens with zero attached hydrogens (tertiary/aromatic N) is 5. The summed E-state index contributed by atoms with van der Waals surface area (Å²) < 4.78 is 9.16. The number of rotatable bonds is 6. The van der Waals surface area contributed by atoms with Gasteiger partial charge in [0.15, 0.2) is 11.6 Å². The number of carbonyl (C=O) groups is 1. The van der Waals surface area contributed by atoms with Crippen LogP contribution in [-0.4, -0.2) is 41.6 Å². The van der Waals surface area contributed by atoms with Crippen molar-refractivity contribution >= 4 is 5.91 Å². The van der Waals surface area contributed by atoms with Gasteiger partial charge in [-0.15, -0.1) is 10.2 Å². The van der Waals surface area contributed by atoms with E-state index in [4.69, 9.17) is 4.42 Å². The van der Waals surface area contributed by atoms with Crippen LogP contribution in [0, 0.1) is 0 Å². The number of aromatic nitrogens is 5. The molecular formula is C17H20N6O3. The van der Waals surface area contributed by atoms with Gasteiger partial charge in [-0.25, -0.2) is 0 Å². The first-order chi connectivity index (χ1) is 12.6. The van der Waals surface area contributed by atoms with Crippen LogP contribution in [0.2, 0.25) is 0 Å². The maximum atomic E-state index is 12.3. The third kappa shape index (κ3) is 3.13. The molecule has 26 heavy (non-hydrogen) atoms. The van der Waals surface area contributed by atoms with Crippen LogP contribution in [0.3, 0.4) is 0 Å². The summed E-state index contributed by atoms with van der Waals surface area (Å²) in [5, 5.41) is 24.4. The predicted octanol–water partition coefficient (Wildman–Crippen LogP) is 0.821. The molecule has 0 atom stereocenters. The number of amides is 1. The van der Waals surface area contributed by atoms with Crippen molar-refractivity contribution in [3.05, 3.63) is 53.8 Å². The highest BCUT2D eigenvalue weighted by atomic mass is 16.4. The van der Waals surface area contributed by atoms with Crippen molar-refractivity contribution in [3.8, 4) is 0 Å². The van der Waals surface area contributed by atoms with Crippen molar-refractivity contribution < 1.29 is 14.3 Å². The van der Waals surface area contributed by atoms with E-state index >= 15 is 0 Å². The van der Waals surface area contributed by atoms with Crippen molar-refractivity contribution in [3.63, 3.8) is 0 Å². The summed E-state index contributed by atoms with van der Waals surface area (Å²) in [7, 11) is 1.84. The molecule has 1 fully saturated rings. The van der Waals surface area contributed by atoms with Crippen LogP contribution in [-0.2, 0) is 20.2 Å². The summed E-state index contributed by atoms with van der Waals surface area (Å²) in [6.07, 6.45) is 5.13. The summed E-state index contributed by atoms with van der Waals surface area (Å²) in [6, 6.07) is 5.39. The lowest BCUT2D eigenvalue weighted by molar-refractivity contribution is 0.0876. The average Bonchev–Trinajstić information content (AvgIpc) is 3.33. The van der Waals surface area contributed by atoms with E-state index < -0.39 is 0 Å². The molecular weight excluding hydrogens is 336 g/mol. The molecule has 0 aliphatic heterocycles. The van der Waals surface area contributed by atoms with Crippen LogP contribution >= 0.6 is 0 Å². The van der Waals surface area contributed by atoms with Crippen LogP contribution < -0.4 is 5.32 Å². The van der Waals surface area contributed by atoms with Gasteiger partial charge in [-0.3, -0.25) is 9.48 Å². The second kappa shape index (κ2) is 6.75. The lowest BCUT2D eigenvalue weighted by Crippen LogP contribution is -2.43. The van der Waals surface area contributed by atoms with Gasteiger partial charge in [0.2, 0.25) is 0 Å². The summed E-state index contributed by atoms with van der Waals surface area (Å²) in [5.74, 6) is 2.41. The second-order valence-corrected chi connectivity index (χ2v) is 6.50. The molecule has 9 heteroatoms. The fourth-order valence-electron chi connectivity index (χ4n) is 3.21. The van der Waals surface area contributed by atoms with Gasteiger partial charge in [-0.2, -0.15) is 5.10 Å². The van der Waals surface area contributed by atoms with E-state index in [1.165, 1.54) is 0 Å². The monoisotopic (exact) mass is 356 g/mol. The Labute approximate surface area is 149 Å². The van der Waals surface area contributed by atoms with E-state index in [9.17, 15) is 9.90 Å². The first kappa shape index (κ1) is 16.5. The van der Waals surface area contributed by atoms with Crippen LogP contribution in [0.5, 0.6) is 0 Å². The SMILES string of the molecule is Cn1c(CO)nnc1C1CC(NC(=O)c2ccc(Cn3cccn3)o2)C1. The number of hydrogen-bond acceptors (Lipinski definition) is 6. The maximum Gasteiger partial charge on any atom is 0.287 e. The van der Waals surface area contributed by atoms with Gasteiger partial charge in [0.25, 0.3) is 5.91 Å². The smallest absolute Gasteiger partial charge is 0.287 e. The lowest BCUT2D eigenvalue weighted by Gasteiger charge is -2.34. The average molecular weight is 356 g/mol. The largest absolute Gasteiger partial charge is 0.454 e. The molecule has 1 saturated carbocycles. The summed E-state index contributed by atoms with van der Waals surface area (Å²) in [6.45, 7) is 0.362. The Morgan fingerprint density at radius 2 is 2.23 bits per heavy atom. The van der Waals surface area contributed by atoms with Crippen molar-refractivity contribution in [2.24, 2.45) is 7.05 Å². The molecule has 0 radical (unpaired) electrons. The maximum absolute atomic E-state index is 12.3. The van der Waals surface area contributed by atoms with Crippen molar-refractivity contribution in [2.75, 3.05) is 0 Å². The first-order valence-corrected chi connectivity index (χ1v) is 8.50. The molecule has 0 aromatic carbocycles. The molecule has 3 aromatic heterocycles. The van der Waals surface area contributed by atoms with Crippen LogP contribution in [0.25, 0.3) is 0 Å². The lowest BCUT2D eigenvalue weighted by atomic mass is 9.79. The van der Waals surface area contributed by atoms with Gasteiger partial charge in [0, 0.05) is 31.4 Å². The van der Waals surface area contributed by atoms with Crippen molar-refractivity contribution in [1.82, 2.24) is 29.9 Å². The first-order valence-electron chi connectivity index (χ1n) is 8.50. The standard InChI is InChI=1S/C17H20N6O3/c1-22-15(10-24)20-21-16(22)11-7-12(8-11)19-17(25)14-4-3-13(26-14)9-23-6-2-5-18-23/h2-6,11-12,24H,7-10H2,1H3,(H,19,25). The molecule has 0 unspecified atom stereocenters. The number of nitrogens with one attached hydrogen (secondary N) is 1. The second-order valence-electron chi connectivity index (χ2n) is 6.50. The number of aliphatic hydroxyl groups excluding tert-OH is 1. The van der Waals surface area contributed by atoms with Gasteiger partial charge in [-0.05, 0) is 31.0 Å².